The van der Waals surface area contributed by atoms with Crippen molar-refractivity contribution in [1.82, 2.24) is 0 Å². The summed E-state index contributed by atoms with van der Waals surface area (Å²) in [6, 6.07) is 0. The highest BCUT2D eigenvalue weighted by atomic mass is 17.2. The van der Waals surface area contributed by atoms with E-state index in [0.717, 1.165) is 0 Å². The minimum atomic E-state index is -0.321. The first-order valence-electron chi connectivity index (χ1n) is 5.70. The van der Waals surface area contributed by atoms with Crippen molar-refractivity contribution in [3.05, 3.63) is 0 Å². The molecule has 0 saturated carbocycles. The van der Waals surface area contributed by atoms with Gasteiger partial charge in [-0.1, -0.05) is 0 Å². The number of hydrogen-bond donors (Lipinski definition) is 0. The van der Waals surface area contributed by atoms with Crippen molar-refractivity contribution in [3.63, 3.8) is 0 Å². The molecule has 0 aromatic rings. The van der Waals surface area contributed by atoms with E-state index in [-0.39, 0.29) is 23.4 Å². The van der Waals surface area contributed by atoms with Gasteiger partial charge in [0.1, 0.15) is 12.2 Å². The van der Waals surface area contributed by atoms with Gasteiger partial charge in [-0.2, -0.15) is 0 Å². The van der Waals surface area contributed by atoms with Gasteiger partial charge in [-0.3, -0.25) is 0 Å². The fraction of sp³-hybridized carbons (Fsp3) is 1.00. The first kappa shape index (κ1) is 15.8. The van der Waals surface area contributed by atoms with Gasteiger partial charge in [-0.25, -0.2) is 19.6 Å². The lowest BCUT2D eigenvalue weighted by Crippen LogP contribution is -2.33. The maximum Gasteiger partial charge on any atom is 0.119 e. The fourth-order valence-electron chi connectivity index (χ4n) is 0.597. The van der Waals surface area contributed by atoms with Crippen molar-refractivity contribution < 1.29 is 19.6 Å². The summed E-state index contributed by atoms with van der Waals surface area (Å²) in [4.78, 5) is 20.9. The molecule has 0 aliphatic rings. The molecule has 0 bridgehead atoms. The van der Waals surface area contributed by atoms with Crippen molar-refractivity contribution in [3.8, 4) is 0 Å². The molecule has 0 aromatic heterocycles. The summed E-state index contributed by atoms with van der Waals surface area (Å²) in [6.07, 6.45) is -0.386. The summed E-state index contributed by atoms with van der Waals surface area (Å²) in [7, 11) is 0. The summed E-state index contributed by atoms with van der Waals surface area (Å²) in [5, 5.41) is 0. The van der Waals surface area contributed by atoms with E-state index in [4.69, 9.17) is 19.6 Å². The van der Waals surface area contributed by atoms with Crippen LogP contribution >= 0.6 is 0 Å². The van der Waals surface area contributed by atoms with E-state index in [2.05, 4.69) is 0 Å². The Balaban J connectivity index is 3.86. The molecule has 0 spiro atoms. The molecule has 0 fully saturated rings. The lowest BCUT2D eigenvalue weighted by molar-refractivity contribution is -0.425. The third-order valence-corrected chi connectivity index (χ3v) is 1.56. The van der Waals surface area contributed by atoms with Crippen LogP contribution in [0.4, 0.5) is 0 Å². The largest absolute Gasteiger partial charge is 0.231 e. The standard InChI is InChI=1S/C12H26O4/c1-9(13-15-11(3,4)5)10(2)14-16-12(6,7)8/h9-10H,1-8H3. The quantitative estimate of drug-likeness (QED) is 0.540. The predicted molar refractivity (Wildman–Crippen MR) is 62.8 cm³/mol. The van der Waals surface area contributed by atoms with Gasteiger partial charge >= 0.3 is 0 Å². The zero-order chi connectivity index (χ0) is 13.0. The molecule has 4 heteroatoms. The highest BCUT2D eigenvalue weighted by Gasteiger charge is 2.22. The maximum atomic E-state index is 5.23. The van der Waals surface area contributed by atoms with Gasteiger partial charge in [0.15, 0.2) is 0 Å². The maximum absolute atomic E-state index is 5.23. The molecule has 4 nitrogen and oxygen atoms in total. The fourth-order valence-corrected chi connectivity index (χ4v) is 0.597. The van der Waals surface area contributed by atoms with Gasteiger partial charge < -0.3 is 0 Å². The second kappa shape index (κ2) is 5.96. The lowest BCUT2D eigenvalue weighted by atomic mass is 10.2. The third-order valence-electron chi connectivity index (χ3n) is 1.56. The second-order valence-electron chi connectivity index (χ2n) is 5.99. The van der Waals surface area contributed by atoms with Crippen LogP contribution in [0.15, 0.2) is 0 Å². The van der Waals surface area contributed by atoms with Gasteiger partial charge in [-0.05, 0) is 55.4 Å². The average Bonchev–Trinajstić information content (AvgIpc) is 2.07. The summed E-state index contributed by atoms with van der Waals surface area (Å²) in [6.45, 7) is 15.3. The van der Waals surface area contributed by atoms with Crippen LogP contribution < -0.4 is 0 Å². The molecule has 0 saturated heterocycles. The van der Waals surface area contributed by atoms with E-state index in [1.54, 1.807) is 0 Å². The summed E-state index contributed by atoms with van der Waals surface area (Å²) >= 11 is 0. The van der Waals surface area contributed by atoms with Crippen LogP contribution in [0.1, 0.15) is 55.4 Å². The van der Waals surface area contributed by atoms with E-state index in [9.17, 15) is 0 Å². The summed E-state index contributed by atoms with van der Waals surface area (Å²) in [5.41, 5.74) is -0.641. The van der Waals surface area contributed by atoms with Crippen LogP contribution in [-0.4, -0.2) is 23.4 Å². The Morgan fingerprint density at radius 1 is 0.625 bits per heavy atom. The zero-order valence-electron chi connectivity index (χ0n) is 11.8. The van der Waals surface area contributed by atoms with Gasteiger partial charge in [-0.15, -0.1) is 0 Å². The van der Waals surface area contributed by atoms with Gasteiger partial charge in [0, 0.05) is 0 Å². The zero-order valence-corrected chi connectivity index (χ0v) is 11.8. The molecule has 16 heavy (non-hydrogen) atoms. The Bertz CT molecular complexity index is 168. The number of rotatable bonds is 5. The predicted octanol–water partition coefficient (Wildman–Crippen LogP) is 3.26. The van der Waals surface area contributed by atoms with Crippen LogP contribution in [0.3, 0.4) is 0 Å². The molecular formula is C12H26O4. The Hall–Kier alpha value is -0.160. The van der Waals surface area contributed by atoms with Crippen molar-refractivity contribution >= 4 is 0 Å². The van der Waals surface area contributed by atoms with Gasteiger partial charge in [0.25, 0.3) is 0 Å². The van der Waals surface area contributed by atoms with Crippen molar-refractivity contribution in [2.45, 2.75) is 78.8 Å². The third kappa shape index (κ3) is 9.09. The van der Waals surface area contributed by atoms with Gasteiger partial charge in [0.05, 0.1) is 11.2 Å². The van der Waals surface area contributed by atoms with Crippen molar-refractivity contribution in [2.75, 3.05) is 0 Å². The Kier molecular flexibility index (Phi) is 5.90. The summed E-state index contributed by atoms with van der Waals surface area (Å²) in [5.74, 6) is 0. The summed E-state index contributed by atoms with van der Waals surface area (Å²) < 4.78 is 0. The van der Waals surface area contributed by atoms with Crippen LogP contribution in [0, 0.1) is 0 Å². The molecule has 98 valence electrons. The monoisotopic (exact) mass is 234 g/mol. The molecule has 0 aromatic carbocycles. The highest BCUT2D eigenvalue weighted by Crippen LogP contribution is 2.14. The average molecular weight is 234 g/mol. The Labute approximate surface area is 99.1 Å². The number of hydrogen-bond acceptors (Lipinski definition) is 4. The van der Waals surface area contributed by atoms with Crippen molar-refractivity contribution in [1.29, 1.82) is 0 Å². The molecule has 0 amide bonds. The van der Waals surface area contributed by atoms with Crippen LogP contribution in [0.25, 0.3) is 0 Å². The molecule has 0 heterocycles. The van der Waals surface area contributed by atoms with Gasteiger partial charge in [0.2, 0.25) is 0 Å². The smallest absolute Gasteiger partial charge is 0.119 e. The van der Waals surface area contributed by atoms with Crippen LogP contribution in [0.5, 0.6) is 0 Å². The molecule has 0 aliphatic carbocycles. The highest BCUT2D eigenvalue weighted by molar-refractivity contribution is 4.60. The van der Waals surface area contributed by atoms with E-state index < -0.39 is 0 Å². The van der Waals surface area contributed by atoms with E-state index >= 15 is 0 Å². The first-order chi connectivity index (χ1) is 7.01. The molecule has 2 unspecified atom stereocenters. The molecule has 0 radical (unpaired) electrons. The lowest BCUT2D eigenvalue weighted by Gasteiger charge is -2.26. The minimum absolute atomic E-state index is 0.193. The SMILES string of the molecule is CC(OOC(C)(C)C)C(C)OOC(C)(C)C. The molecule has 2 atom stereocenters. The minimum Gasteiger partial charge on any atom is -0.231 e. The first-order valence-corrected chi connectivity index (χ1v) is 5.70. The second-order valence-corrected chi connectivity index (χ2v) is 5.99. The van der Waals surface area contributed by atoms with Crippen molar-refractivity contribution in [2.24, 2.45) is 0 Å². The Morgan fingerprint density at radius 3 is 1.06 bits per heavy atom. The normalized spacial score (nSPS) is 17.2. The molecular weight excluding hydrogens is 208 g/mol. The molecule has 0 aliphatic heterocycles. The molecule has 0 rings (SSSR count). The topological polar surface area (TPSA) is 36.9 Å². The van der Waals surface area contributed by atoms with Crippen LogP contribution in [-0.2, 0) is 19.6 Å². The van der Waals surface area contributed by atoms with E-state index in [1.165, 1.54) is 0 Å². The van der Waals surface area contributed by atoms with E-state index in [1.807, 2.05) is 55.4 Å². The Morgan fingerprint density at radius 2 is 0.875 bits per heavy atom. The van der Waals surface area contributed by atoms with E-state index in [0.29, 0.717) is 0 Å². The van der Waals surface area contributed by atoms with Crippen LogP contribution in [0.2, 0.25) is 0 Å². The molecule has 0 N–H and O–H groups in total.